The number of aromatic nitrogens is 5. The van der Waals surface area contributed by atoms with Gasteiger partial charge in [0, 0.05) is 11.3 Å². The second-order valence-corrected chi connectivity index (χ2v) is 3.40. The average molecular weight is 228 g/mol. The minimum atomic E-state index is 0.316. The van der Waals surface area contributed by atoms with E-state index in [1.54, 1.807) is 12.1 Å². The molecule has 3 aromatic rings. The highest BCUT2D eigenvalue weighted by Crippen LogP contribution is 2.21. The highest BCUT2D eigenvalue weighted by molar-refractivity contribution is 5.62. The first-order valence-corrected chi connectivity index (χ1v) is 4.89. The van der Waals surface area contributed by atoms with Crippen molar-refractivity contribution in [1.29, 1.82) is 0 Å². The van der Waals surface area contributed by atoms with Crippen LogP contribution in [-0.4, -0.2) is 25.6 Å². The summed E-state index contributed by atoms with van der Waals surface area (Å²) in [4.78, 5) is 4.21. The van der Waals surface area contributed by atoms with Gasteiger partial charge in [0.25, 0.3) is 5.89 Å². The Morgan fingerprint density at radius 1 is 1.29 bits per heavy atom. The number of benzene rings is 1. The predicted molar refractivity (Wildman–Crippen MR) is 59.5 cm³/mol. The van der Waals surface area contributed by atoms with E-state index in [9.17, 15) is 0 Å². The fourth-order valence-electron chi connectivity index (χ4n) is 1.43. The first kappa shape index (κ1) is 9.52. The van der Waals surface area contributed by atoms with Crippen molar-refractivity contribution in [2.75, 3.05) is 5.73 Å². The molecule has 0 unspecified atom stereocenters. The summed E-state index contributed by atoms with van der Waals surface area (Å²) in [5.41, 5.74) is 7.63. The first-order chi connectivity index (χ1) is 8.33. The van der Waals surface area contributed by atoms with Gasteiger partial charge in [-0.15, -0.1) is 0 Å². The van der Waals surface area contributed by atoms with Gasteiger partial charge in [-0.2, -0.15) is 20.4 Å². The van der Waals surface area contributed by atoms with Gasteiger partial charge >= 0.3 is 0 Å². The third-order valence-electron chi connectivity index (χ3n) is 2.20. The van der Waals surface area contributed by atoms with Crippen molar-refractivity contribution >= 4 is 5.69 Å². The molecule has 0 fully saturated rings. The zero-order chi connectivity index (χ0) is 11.7. The fraction of sp³-hybridized carbons (Fsp3) is 0. The van der Waals surface area contributed by atoms with Crippen LogP contribution >= 0.6 is 0 Å². The van der Waals surface area contributed by atoms with Gasteiger partial charge in [-0.25, -0.2) is 0 Å². The van der Waals surface area contributed by atoms with Crippen molar-refractivity contribution < 1.29 is 4.52 Å². The van der Waals surface area contributed by atoms with Crippen molar-refractivity contribution in [1.82, 2.24) is 25.6 Å². The number of nitrogens with one attached hydrogen (secondary N) is 1. The van der Waals surface area contributed by atoms with Crippen LogP contribution in [0.1, 0.15) is 0 Å². The van der Waals surface area contributed by atoms with Crippen molar-refractivity contribution in [3.63, 3.8) is 0 Å². The fourth-order valence-corrected chi connectivity index (χ4v) is 1.43. The van der Waals surface area contributed by atoms with E-state index in [4.69, 9.17) is 10.3 Å². The number of anilines is 1. The Morgan fingerprint density at radius 3 is 3.00 bits per heavy atom. The van der Waals surface area contributed by atoms with Crippen LogP contribution < -0.4 is 5.73 Å². The highest BCUT2D eigenvalue weighted by atomic mass is 16.5. The molecule has 0 aliphatic rings. The number of rotatable bonds is 2. The molecule has 7 nitrogen and oxygen atoms in total. The van der Waals surface area contributed by atoms with E-state index in [1.807, 2.05) is 12.1 Å². The number of aromatic amines is 1. The smallest absolute Gasteiger partial charge is 0.280 e. The summed E-state index contributed by atoms with van der Waals surface area (Å²) in [5, 5.41) is 13.9. The van der Waals surface area contributed by atoms with E-state index >= 15 is 0 Å². The molecule has 1 aromatic carbocycles. The Labute approximate surface area is 95.7 Å². The van der Waals surface area contributed by atoms with Gasteiger partial charge in [0.05, 0.1) is 6.20 Å². The quantitative estimate of drug-likeness (QED) is 0.636. The zero-order valence-electron chi connectivity index (χ0n) is 8.66. The summed E-state index contributed by atoms with van der Waals surface area (Å²) in [6.07, 6.45) is 1.51. The van der Waals surface area contributed by atoms with Gasteiger partial charge in [-0.3, -0.25) is 0 Å². The lowest BCUT2D eigenvalue weighted by Gasteiger charge is -1.94. The lowest BCUT2D eigenvalue weighted by Crippen LogP contribution is -1.86. The van der Waals surface area contributed by atoms with E-state index < -0.39 is 0 Å². The molecule has 0 saturated heterocycles. The second kappa shape index (κ2) is 3.71. The van der Waals surface area contributed by atoms with Crippen LogP contribution in [-0.2, 0) is 0 Å². The summed E-state index contributed by atoms with van der Waals surface area (Å²) in [6, 6.07) is 7.25. The van der Waals surface area contributed by atoms with Crippen LogP contribution in [0.15, 0.2) is 35.0 Å². The maximum Gasteiger partial charge on any atom is 0.280 e. The van der Waals surface area contributed by atoms with Gasteiger partial charge in [-0.1, -0.05) is 17.3 Å². The molecule has 0 aliphatic heterocycles. The Morgan fingerprint density at radius 2 is 2.24 bits per heavy atom. The molecule has 0 radical (unpaired) electrons. The summed E-state index contributed by atoms with van der Waals surface area (Å²) in [6.45, 7) is 0. The topological polar surface area (TPSA) is 107 Å². The number of nitrogen functional groups attached to an aromatic ring is 1. The first-order valence-electron chi connectivity index (χ1n) is 4.89. The molecule has 7 heteroatoms. The standard InChI is InChI=1S/C10H8N6O/c11-7-3-1-2-6(4-7)9-13-10(17-15-9)8-5-12-16-14-8/h1-5H,11H2,(H,12,14,16). The average Bonchev–Trinajstić information content (AvgIpc) is 3.00. The van der Waals surface area contributed by atoms with E-state index in [1.165, 1.54) is 6.20 Å². The predicted octanol–water partition coefficient (Wildman–Crippen LogP) is 1.10. The van der Waals surface area contributed by atoms with Crippen LogP contribution in [0.5, 0.6) is 0 Å². The highest BCUT2D eigenvalue weighted by Gasteiger charge is 2.12. The molecule has 3 N–H and O–H groups in total. The van der Waals surface area contributed by atoms with E-state index in [2.05, 4.69) is 25.6 Å². The monoisotopic (exact) mass is 228 g/mol. The summed E-state index contributed by atoms with van der Waals surface area (Å²) >= 11 is 0. The number of nitrogens with two attached hydrogens (primary N) is 1. The normalized spacial score (nSPS) is 10.6. The Balaban J connectivity index is 2.01. The number of hydrogen-bond acceptors (Lipinski definition) is 6. The summed E-state index contributed by atoms with van der Waals surface area (Å²) in [7, 11) is 0. The van der Waals surface area contributed by atoms with Crippen LogP contribution in [0, 0.1) is 0 Å². The molecule has 0 spiro atoms. The van der Waals surface area contributed by atoms with E-state index in [0.29, 0.717) is 23.1 Å². The Bertz CT molecular complexity index is 630. The van der Waals surface area contributed by atoms with Crippen molar-refractivity contribution in [2.24, 2.45) is 0 Å². The molecule has 0 aliphatic carbocycles. The third kappa shape index (κ3) is 1.73. The maximum absolute atomic E-state index is 5.68. The van der Waals surface area contributed by atoms with E-state index in [-0.39, 0.29) is 0 Å². The second-order valence-electron chi connectivity index (χ2n) is 3.40. The molecule has 0 saturated carbocycles. The molecule has 2 aromatic heterocycles. The van der Waals surface area contributed by atoms with Gasteiger partial charge in [-0.05, 0) is 12.1 Å². The molecule has 84 valence electrons. The van der Waals surface area contributed by atoms with E-state index in [0.717, 1.165) is 5.56 Å². The van der Waals surface area contributed by atoms with Crippen LogP contribution in [0.2, 0.25) is 0 Å². The molecule has 17 heavy (non-hydrogen) atoms. The molecular weight excluding hydrogens is 220 g/mol. The van der Waals surface area contributed by atoms with Crippen molar-refractivity contribution in [2.45, 2.75) is 0 Å². The van der Waals surface area contributed by atoms with Crippen molar-refractivity contribution in [3.8, 4) is 23.0 Å². The Kier molecular flexibility index (Phi) is 2.08. The van der Waals surface area contributed by atoms with Gasteiger partial charge in [0.1, 0.15) is 0 Å². The minimum absolute atomic E-state index is 0.316. The number of nitrogens with zero attached hydrogens (tertiary/aromatic N) is 4. The lowest BCUT2D eigenvalue weighted by molar-refractivity contribution is 0.431. The summed E-state index contributed by atoms with van der Waals surface area (Å²) < 4.78 is 5.08. The van der Waals surface area contributed by atoms with Gasteiger partial charge in [0.15, 0.2) is 5.69 Å². The SMILES string of the molecule is Nc1cccc(-c2noc(-c3cn[nH]n3)n2)c1. The molecule has 0 atom stereocenters. The third-order valence-corrected chi connectivity index (χ3v) is 2.20. The summed E-state index contributed by atoms with van der Waals surface area (Å²) in [5.74, 6) is 0.784. The molecular formula is C10H8N6O. The van der Waals surface area contributed by atoms with Gasteiger partial charge < -0.3 is 10.3 Å². The molecule has 0 amide bonds. The number of hydrogen-bond donors (Lipinski definition) is 2. The zero-order valence-corrected chi connectivity index (χ0v) is 8.66. The molecule has 0 bridgehead atoms. The minimum Gasteiger partial charge on any atom is -0.399 e. The van der Waals surface area contributed by atoms with Crippen LogP contribution in [0.4, 0.5) is 5.69 Å². The van der Waals surface area contributed by atoms with Gasteiger partial charge in [0.2, 0.25) is 5.82 Å². The van der Waals surface area contributed by atoms with Crippen molar-refractivity contribution in [3.05, 3.63) is 30.5 Å². The van der Waals surface area contributed by atoms with Crippen LogP contribution in [0.25, 0.3) is 23.0 Å². The lowest BCUT2D eigenvalue weighted by atomic mass is 10.2. The number of H-pyrrole nitrogens is 1. The maximum atomic E-state index is 5.68. The largest absolute Gasteiger partial charge is 0.399 e. The molecule has 2 heterocycles. The van der Waals surface area contributed by atoms with Crippen LogP contribution in [0.3, 0.4) is 0 Å². The Hall–Kier alpha value is -2.70. The molecule has 3 rings (SSSR count).